The molecule has 4 N–H and O–H groups in total. The monoisotopic (exact) mass is 726 g/mol. The van der Waals surface area contributed by atoms with Gasteiger partial charge in [0.25, 0.3) is 0 Å². The molecule has 270 valence electrons. The number of nitrogens with zero attached hydrogens (tertiary/aromatic N) is 4. The topological polar surface area (TPSA) is 115 Å². The smallest absolute Gasteiger partial charge is 0.422 e. The predicted octanol–water partition coefficient (Wildman–Crippen LogP) is 7.95. The maximum Gasteiger partial charge on any atom is 0.422 e. The molecule has 0 saturated carbocycles. The summed E-state index contributed by atoms with van der Waals surface area (Å²) in [4.78, 5) is 0. The maximum atomic E-state index is 14.4. The molecule has 0 atom stereocenters. The molecule has 0 aliphatic rings. The molecule has 0 radical (unpaired) electrons. The van der Waals surface area contributed by atoms with Gasteiger partial charge < -0.3 is 25.7 Å². The third-order valence-corrected chi connectivity index (χ3v) is 7.41. The van der Waals surface area contributed by atoms with E-state index >= 15 is 0 Å². The third-order valence-electron chi connectivity index (χ3n) is 7.41. The summed E-state index contributed by atoms with van der Waals surface area (Å²) in [6.45, 7) is -3.26. The van der Waals surface area contributed by atoms with E-state index in [1.807, 2.05) is 0 Å². The number of aryl methyl sites for hydroxylation is 2. The van der Waals surface area contributed by atoms with Gasteiger partial charge in [-0.25, -0.2) is 13.2 Å². The lowest BCUT2D eigenvalue weighted by molar-refractivity contribution is -0.154. The SMILES string of the molecule is COc1cc(-c2cccc(F)c2OCC(F)(F)F)cc2c1c(N)nn2C.Cn1nc(N)c2c(F)cc(-c3cccc(F)c3OCC(F)(F)F)cc21. The molecule has 6 rings (SSSR count). The summed E-state index contributed by atoms with van der Waals surface area (Å²) < 4.78 is 135. The van der Waals surface area contributed by atoms with Crippen molar-refractivity contribution >= 4 is 33.4 Å². The van der Waals surface area contributed by atoms with Crippen molar-refractivity contribution in [2.45, 2.75) is 12.4 Å². The number of methoxy groups -OCH3 is 1. The molecule has 51 heavy (non-hydrogen) atoms. The van der Waals surface area contributed by atoms with E-state index in [1.54, 1.807) is 19.2 Å². The molecule has 0 saturated heterocycles. The Balaban J connectivity index is 0.000000198. The van der Waals surface area contributed by atoms with Crippen molar-refractivity contribution in [3.63, 3.8) is 0 Å². The lowest BCUT2D eigenvalue weighted by atomic mass is 10.0. The molecule has 4 aromatic carbocycles. The van der Waals surface area contributed by atoms with Crippen LogP contribution in [-0.4, -0.2) is 52.2 Å². The first kappa shape index (κ1) is 36.5. The van der Waals surface area contributed by atoms with E-state index in [0.29, 0.717) is 27.7 Å². The van der Waals surface area contributed by atoms with Gasteiger partial charge in [0.05, 0.1) is 28.9 Å². The molecular weight excluding hydrogens is 699 g/mol. The van der Waals surface area contributed by atoms with Crippen LogP contribution in [0.25, 0.3) is 44.1 Å². The number of nitrogens with two attached hydrogens (primary N) is 2. The molecule has 0 bridgehead atoms. The van der Waals surface area contributed by atoms with Crippen molar-refractivity contribution in [2.75, 3.05) is 31.8 Å². The van der Waals surface area contributed by atoms with Gasteiger partial charge in [0.2, 0.25) is 0 Å². The molecule has 0 spiro atoms. The van der Waals surface area contributed by atoms with Crippen LogP contribution in [0, 0.1) is 17.5 Å². The van der Waals surface area contributed by atoms with Gasteiger partial charge in [0, 0.05) is 25.2 Å². The van der Waals surface area contributed by atoms with Gasteiger partial charge in [-0.15, -0.1) is 0 Å². The summed E-state index contributed by atoms with van der Waals surface area (Å²) in [5, 5.41) is 8.64. The molecular formula is C33H27F9N6O3. The van der Waals surface area contributed by atoms with Crippen molar-refractivity contribution in [3.05, 3.63) is 78.1 Å². The van der Waals surface area contributed by atoms with Crippen molar-refractivity contribution < 1.29 is 53.7 Å². The first-order valence-corrected chi connectivity index (χ1v) is 14.6. The van der Waals surface area contributed by atoms with Gasteiger partial charge in [0.15, 0.2) is 48.0 Å². The van der Waals surface area contributed by atoms with E-state index in [-0.39, 0.29) is 33.7 Å². The molecule has 9 nitrogen and oxygen atoms in total. The van der Waals surface area contributed by atoms with Gasteiger partial charge in [-0.1, -0.05) is 24.3 Å². The van der Waals surface area contributed by atoms with Gasteiger partial charge in [-0.05, 0) is 47.5 Å². The van der Waals surface area contributed by atoms with Gasteiger partial charge in [-0.3, -0.25) is 9.36 Å². The van der Waals surface area contributed by atoms with Gasteiger partial charge in [-0.2, -0.15) is 36.5 Å². The number of alkyl halides is 6. The Labute approximate surface area is 282 Å². The van der Waals surface area contributed by atoms with Crippen LogP contribution >= 0.6 is 0 Å². The second-order valence-corrected chi connectivity index (χ2v) is 11.0. The average molecular weight is 727 g/mol. The highest BCUT2D eigenvalue weighted by Crippen LogP contribution is 2.40. The highest BCUT2D eigenvalue weighted by molar-refractivity contribution is 5.98. The normalized spacial score (nSPS) is 11.8. The third kappa shape index (κ3) is 7.84. The van der Waals surface area contributed by atoms with E-state index in [4.69, 9.17) is 20.9 Å². The fourth-order valence-corrected chi connectivity index (χ4v) is 5.29. The minimum atomic E-state index is -4.63. The van der Waals surface area contributed by atoms with E-state index in [9.17, 15) is 39.5 Å². The maximum absolute atomic E-state index is 14.4. The summed E-state index contributed by atoms with van der Waals surface area (Å²) in [6, 6.07) is 13.2. The minimum Gasteiger partial charge on any atom is -0.496 e. The molecule has 0 fully saturated rings. The number of aromatic nitrogens is 4. The number of nitrogen functional groups attached to an aromatic ring is 2. The summed E-state index contributed by atoms with van der Waals surface area (Å²) in [5.41, 5.74) is 13.1. The van der Waals surface area contributed by atoms with Crippen LogP contribution in [0.15, 0.2) is 60.7 Å². The molecule has 2 aromatic heterocycles. The molecule has 0 amide bonds. The zero-order valence-corrected chi connectivity index (χ0v) is 26.8. The Hall–Kier alpha value is -5.81. The molecule has 0 aliphatic heterocycles. The van der Waals surface area contributed by atoms with Crippen LogP contribution in [0.2, 0.25) is 0 Å². The fourth-order valence-electron chi connectivity index (χ4n) is 5.29. The lowest BCUT2D eigenvalue weighted by Crippen LogP contribution is -2.20. The first-order chi connectivity index (χ1) is 23.9. The molecule has 0 unspecified atom stereocenters. The number of halogens is 9. The van der Waals surface area contributed by atoms with E-state index in [0.717, 1.165) is 18.2 Å². The number of hydrogen-bond donors (Lipinski definition) is 2. The molecule has 6 aromatic rings. The quantitative estimate of drug-likeness (QED) is 0.161. The summed E-state index contributed by atoms with van der Waals surface area (Å²) in [7, 11) is 4.63. The highest BCUT2D eigenvalue weighted by atomic mass is 19.4. The molecule has 0 aliphatic carbocycles. The van der Waals surface area contributed by atoms with Crippen LogP contribution < -0.4 is 25.7 Å². The summed E-state index contributed by atoms with van der Waals surface area (Å²) in [5.74, 6) is -3.08. The van der Waals surface area contributed by atoms with E-state index in [1.165, 1.54) is 53.9 Å². The van der Waals surface area contributed by atoms with Crippen LogP contribution in [0.1, 0.15) is 0 Å². The minimum absolute atomic E-state index is 0.00942. The van der Waals surface area contributed by atoms with Crippen LogP contribution in [-0.2, 0) is 14.1 Å². The number of rotatable bonds is 7. The van der Waals surface area contributed by atoms with Gasteiger partial charge >= 0.3 is 12.4 Å². The number of para-hydroxylation sites is 2. The standard InChI is InChI=1S/C17H15F4N3O2.C16H12F5N3O/c1-24-12-6-9(7-13(25-2)14(12)16(22)23-24)10-4-3-5-11(18)15(10)26-8-17(19,20)21;1-24-12-6-8(5-11(18)13(12)15(22)23-24)9-3-2-4-10(17)14(9)25-7-16(19,20)21/h3-7H,8H2,1-2H3,(H2,22,23);2-6H,7H2,1H3,(H2,22,23). The largest absolute Gasteiger partial charge is 0.496 e. The summed E-state index contributed by atoms with van der Waals surface area (Å²) >= 11 is 0. The fraction of sp³-hybridized carbons (Fsp3) is 0.212. The highest BCUT2D eigenvalue weighted by Gasteiger charge is 2.31. The predicted molar refractivity (Wildman–Crippen MR) is 171 cm³/mol. The lowest BCUT2D eigenvalue weighted by Gasteiger charge is -2.15. The van der Waals surface area contributed by atoms with E-state index in [2.05, 4.69) is 14.9 Å². The Kier molecular flexibility index (Phi) is 9.89. The van der Waals surface area contributed by atoms with E-state index < -0.39 is 54.5 Å². The Morgan fingerprint density at radius 3 is 1.51 bits per heavy atom. The zero-order valence-electron chi connectivity index (χ0n) is 26.8. The number of hydrogen-bond acceptors (Lipinski definition) is 7. The second-order valence-electron chi connectivity index (χ2n) is 11.0. The van der Waals surface area contributed by atoms with Crippen molar-refractivity contribution in [3.8, 4) is 39.5 Å². The van der Waals surface area contributed by atoms with Crippen LogP contribution in [0.3, 0.4) is 0 Å². The van der Waals surface area contributed by atoms with Crippen LogP contribution in [0.5, 0.6) is 17.2 Å². The van der Waals surface area contributed by atoms with Crippen LogP contribution in [0.4, 0.5) is 51.1 Å². The van der Waals surface area contributed by atoms with Gasteiger partial charge in [0.1, 0.15) is 11.6 Å². The zero-order chi connectivity index (χ0) is 37.4. The number of ether oxygens (including phenoxy) is 3. The van der Waals surface area contributed by atoms with Crippen molar-refractivity contribution in [1.29, 1.82) is 0 Å². The number of benzene rings is 4. The summed E-state index contributed by atoms with van der Waals surface area (Å²) in [6.07, 6.45) is -9.22. The van der Waals surface area contributed by atoms with Crippen molar-refractivity contribution in [2.24, 2.45) is 14.1 Å². The Bertz CT molecular complexity index is 2230. The Morgan fingerprint density at radius 1 is 0.627 bits per heavy atom. The van der Waals surface area contributed by atoms with Crippen molar-refractivity contribution in [1.82, 2.24) is 19.6 Å². The number of anilines is 2. The Morgan fingerprint density at radius 2 is 1.06 bits per heavy atom. The number of fused-ring (bicyclic) bond motifs is 2. The molecule has 2 heterocycles. The second kappa shape index (κ2) is 13.8. The average Bonchev–Trinajstić information content (AvgIpc) is 3.51. The first-order valence-electron chi connectivity index (χ1n) is 14.6. The molecule has 18 heteroatoms.